The number of benzene rings is 2. The smallest absolute Gasteiger partial charge is 0.415 e. The SMILES string of the molecule is O=C(Oc1ccc(Oc2ccccc2)cc1)N1CCSCC1. The summed E-state index contributed by atoms with van der Waals surface area (Å²) in [6.07, 6.45) is -0.281. The van der Waals surface area contributed by atoms with Crippen LogP contribution in [0.1, 0.15) is 0 Å². The molecule has 0 N–H and O–H groups in total. The Hall–Kier alpha value is -2.14. The standard InChI is InChI=1S/C17H17NO3S/c19-17(18-10-12-22-13-11-18)21-16-8-6-15(7-9-16)20-14-4-2-1-3-5-14/h1-9H,10-13H2. The van der Waals surface area contributed by atoms with Crippen molar-refractivity contribution in [1.82, 2.24) is 4.90 Å². The molecule has 1 fully saturated rings. The molecule has 4 nitrogen and oxygen atoms in total. The van der Waals surface area contributed by atoms with E-state index in [1.54, 1.807) is 29.2 Å². The van der Waals surface area contributed by atoms with Crippen molar-refractivity contribution >= 4 is 17.9 Å². The van der Waals surface area contributed by atoms with Crippen LogP contribution >= 0.6 is 11.8 Å². The lowest BCUT2D eigenvalue weighted by atomic mass is 10.3. The van der Waals surface area contributed by atoms with Crippen molar-refractivity contribution in [1.29, 1.82) is 0 Å². The number of amides is 1. The third-order valence-electron chi connectivity index (χ3n) is 3.28. The lowest BCUT2D eigenvalue weighted by Crippen LogP contribution is -2.39. The van der Waals surface area contributed by atoms with Gasteiger partial charge in [-0.3, -0.25) is 0 Å². The van der Waals surface area contributed by atoms with Gasteiger partial charge in [-0.1, -0.05) is 18.2 Å². The number of rotatable bonds is 3. The summed E-state index contributed by atoms with van der Waals surface area (Å²) in [5.74, 6) is 3.96. The first-order valence-electron chi connectivity index (χ1n) is 7.19. The second-order valence-electron chi connectivity index (χ2n) is 4.85. The van der Waals surface area contributed by atoms with Crippen LogP contribution in [-0.4, -0.2) is 35.6 Å². The van der Waals surface area contributed by atoms with E-state index < -0.39 is 0 Å². The molecule has 0 atom stereocenters. The zero-order valence-electron chi connectivity index (χ0n) is 12.1. The summed E-state index contributed by atoms with van der Waals surface area (Å²) in [6, 6.07) is 16.6. The predicted molar refractivity (Wildman–Crippen MR) is 87.9 cm³/mol. The number of carbonyl (C=O) groups excluding carboxylic acids is 1. The Morgan fingerprint density at radius 3 is 2.14 bits per heavy atom. The maximum atomic E-state index is 12.0. The number of para-hydroxylation sites is 1. The summed E-state index contributed by atoms with van der Waals surface area (Å²) in [7, 11) is 0. The van der Waals surface area contributed by atoms with Crippen LogP contribution in [0.4, 0.5) is 4.79 Å². The van der Waals surface area contributed by atoms with Gasteiger partial charge in [0.2, 0.25) is 0 Å². The molecule has 1 saturated heterocycles. The van der Waals surface area contributed by atoms with Gasteiger partial charge in [-0.2, -0.15) is 11.8 Å². The first kappa shape index (κ1) is 14.8. The molecule has 0 aliphatic carbocycles. The summed E-state index contributed by atoms with van der Waals surface area (Å²) in [4.78, 5) is 13.7. The van der Waals surface area contributed by atoms with Gasteiger partial charge in [0.15, 0.2) is 0 Å². The minimum Gasteiger partial charge on any atom is -0.457 e. The van der Waals surface area contributed by atoms with E-state index in [9.17, 15) is 4.79 Å². The van der Waals surface area contributed by atoms with Gasteiger partial charge in [-0.25, -0.2) is 4.79 Å². The van der Waals surface area contributed by atoms with Crippen LogP contribution in [0, 0.1) is 0 Å². The Morgan fingerprint density at radius 2 is 1.45 bits per heavy atom. The summed E-state index contributed by atoms with van der Waals surface area (Å²) >= 11 is 1.86. The van der Waals surface area contributed by atoms with E-state index in [4.69, 9.17) is 9.47 Å². The van der Waals surface area contributed by atoms with Crippen molar-refractivity contribution in [2.45, 2.75) is 0 Å². The van der Waals surface area contributed by atoms with Crippen LogP contribution in [0.3, 0.4) is 0 Å². The molecule has 1 aliphatic heterocycles. The van der Waals surface area contributed by atoms with Gasteiger partial charge in [0.1, 0.15) is 17.2 Å². The molecule has 0 saturated carbocycles. The van der Waals surface area contributed by atoms with Crippen molar-refractivity contribution in [3.8, 4) is 17.2 Å². The molecule has 0 spiro atoms. The number of nitrogens with zero attached hydrogens (tertiary/aromatic N) is 1. The number of hydrogen-bond donors (Lipinski definition) is 0. The van der Waals surface area contributed by atoms with Crippen molar-refractivity contribution in [2.24, 2.45) is 0 Å². The van der Waals surface area contributed by atoms with Gasteiger partial charge in [-0.15, -0.1) is 0 Å². The molecule has 1 amide bonds. The molecule has 3 rings (SSSR count). The molecule has 1 aliphatic rings. The fourth-order valence-corrected chi connectivity index (χ4v) is 3.01. The summed E-state index contributed by atoms with van der Waals surface area (Å²) < 4.78 is 11.1. The van der Waals surface area contributed by atoms with Gasteiger partial charge in [0.25, 0.3) is 0 Å². The average molecular weight is 315 g/mol. The highest BCUT2D eigenvalue weighted by molar-refractivity contribution is 7.99. The van der Waals surface area contributed by atoms with E-state index in [-0.39, 0.29) is 6.09 Å². The summed E-state index contributed by atoms with van der Waals surface area (Å²) in [6.45, 7) is 1.50. The second kappa shape index (κ2) is 7.22. The molecule has 114 valence electrons. The number of ether oxygens (including phenoxy) is 2. The summed E-state index contributed by atoms with van der Waals surface area (Å²) in [5.41, 5.74) is 0. The Bertz CT molecular complexity index is 610. The fourth-order valence-electron chi connectivity index (χ4n) is 2.11. The maximum absolute atomic E-state index is 12.0. The van der Waals surface area contributed by atoms with Gasteiger partial charge in [0, 0.05) is 24.6 Å². The first-order chi connectivity index (χ1) is 10.8. The van der Waals surface area contributed by atoms with Crippen LogP contribution in [0.5, 0.6) is 17.2 Å². The zero-order valence-corrected chi connectivity index (χ0v) is 12.9. The van der Waals surface area contributed by atoms with Gasteiger partial charge >= 0.3 is 6.09 Å². The topological polar surface area (TPSA) is 38.8 Å². The van der Waals surface area contributed by atoms with Crippen molar-refractivity contribution in [2.75, 3.05) is 24.6 Å². The van der Waals surface area contributed by atoms with Gasteiger partial charge < -0.3 is 14.4 Å². The third kappa shape index (κ3) is 3.95. The molecule has 0 aromatic heterocycles. The highest BCUT2D eigenvalue weighted by Gasteiger charge is 2.18. The Kier molecular flexibility index (Phi) is 4.85. The van der Waals surface area contributed by atoms with Crippen molar-refractivity contribution < 1.29 is 14.3 Å². The number of hydrogen-bond acceptors (Lipinski definition) is 4. The molecule has 0 unspecified atom stereocenters. The third-order valence-corrected chi connectivity index (χ3v) is 4.22. The van der Waals surface area contributed by atoms with Gasteiger partial charge in [0.05, 0.1) is 0 Å². The highest BCUT2D eigenvalue weighted by Crippen LogP contribution is 2.24. The van der Waals surface area contributed by atoms with E-state index in [1.807, 2.05) is 42.1 Å². The highest BCUT2D eigenvalue weighted by atomic mass is 32.2. The number of thioether (sulfide) groups is 1. The van der Waals surface area contributed by atoms with Gasteiger partial charge in [-0.05, 0) is 36.4 Å². The Labute approximate surface area is 134 Å². The van der Waals surface area contributed by atoms with Crippen molar-refractivity contribution in [3.63, 3.8) is 0 Å². The van der Waals surface area contributed by atoms with Crippen LogP contribution in [0.25, 0.3) is 0 Å². The largest absolute Gasteiger partial charge is 0.457 e. The maximum Gasteiger partial charge on any atom is 0.415 e. The molecule has 2 aromatic rings. The normalized spacial score (nSPS) is 14.5. The van der Waals surface area contributed by atoms with E-state index in [1.165, 1.54) is 0 Å². The van der Waals surface area contributed by atoms with Crippen LogP contribution in [-0.2, 0) is 0 Å². The quantitative estimate of drug-likeness (QED) is 0.857. The summed E-state index contributed by atoms with van der Waals surface area (Å²) in [5, 5.41) is 0. The minimum atomic E-state index is -0.281. The molecule has 22 heavy (non-hydrogen) atoms. The Balaban J connectivity index is 1.58. The zero-order chi connectivity index (χ0) is 15.2. The second-order valence-corrected chi connectivity index (χ2v) is 6.08. The first-order valence-corrected chi connectivity index (χ1v) is 8.34. The molecule has 1 heterocycles. The van der Waals surface area contributed by atoms with E-state index in [2.05, 4.69) is 0 Å². The monoisotopic (exact) mass is 315 g/mol. The molecule has 0 bridgehead atoms. The van der Waals surface area contributed by atoms with Crippen LogP contribution in [0.2, 0.25) is 0 Å². The molecule has 2 aromatic carbocycles. The predicted octanol–water partition coefficient (Wildman–Crippen LogP) is 4.03. The molecular formula is C17H17NO3S. The average Bonchev–Trinajstić information content (AvgIpc) is 2.58. The molecule has 5 heteroatoms. The lowest BCUT2D eigenvalue weighted by molar-refractivity contribution is 0.157. The van der Waals surface area contributed by atoms with Crippen molar-refractivity contribution in [3.05, 3.63) is 54.6 Å². The lowest BCUT2D eigenvalue weighted by Gasteiger charge is -2.25. The van der Waals surface area contributed by atoms with Crippen LogP contribution < -0.4 is 9.47 Å². The molecule has 0 radical (unpaired) electrons. The fraction of sp³-hybridized carbons (Fsp3) is 0.235. The molecular weight excluding hydrogens is 298 g/mol. The van der Waals surface area contributed by atoms with E-state index in [0.29, 0.717) is 11.5 Å². The Morgan fingerprint density at radius 1 is 0.864 bits per heavy atom. The number of carbonyl (C=O) groups is 1. The minimum absolute atomic E-state index is 0.281. The van der Waals surface area contributed by atoms with Crippen LogP contribution in [0.15, 0.2) is 54.6 Å². The van der Waals surface area contributed by atoms with E-state index in [0.717, 1.165) is 30.3 Å². The van der Waals surface area contributed by atoms with E-state index >= 15 is 0 Å².